The molecule has 0 saturated carbocycles. The van der Waals surface area contributed by atoms with Crippen molar-refractivity contribution < 1.29 is 23.0 Å². The Morgan fingerprint density at radius 1 is 1.21 bits per heavy atom. The average Bonchev–Trinajstić information content (AvgIpc) is 3.21. The third kappa shape index (κ3) is 3.03. The summed E-state index contributed by atoms with van der Waals surface area (Å²) in [5, 5.41) is 15.8. The maximum absolute atomic E-state index is 13.4. The highest BCUT2D eigenvalue weighted by molar-refractivity contribution is 7.18. The first kappa shape index (κ1) is 18.8. The fraction of sp³-hybridized carbons (Fsp3) is 0.278. The Hall–Kier alpha value is -2.56. The van der Waals surface area contributed by atoms with Crippen molar-refractivity contribution in [2.45, 2.75) is 11.8 Å². The van der Waals surface area contributed by atoms with E-state index in [0.717, 1.165) is 29.4 Å². The number of pyridine rings is 2. The van der Waals surface area contributed by atoms with Gasteiger partial charge in [0.2, 0.25) is 5.60 Å². The van der Waals surface area contributed by atoms with E-state index in [2.05, 4.69) is 19.8 Å². The average molecular weight is 408 g/mol. The zero-order valence-electron chi connectivity index (χ0n) is 14.9. The fourth-order valence-electron chi connectivity index (χ4n) is 2.96. The van der Waals surface area contributed by atoms with Crippen LogP contribution in [-0.2, 0) is 17.4 Å². The van der Waals surface area contributed by atoms with Gasteiger partial charge in [-0.15, -0.1) is 11.3 Å². The van der Waals surface area contributed by atoms with E-state index in [1.807, 2.05) is 12.3 Å². The molecule has 1 atom stereocenters. The van der Waals surface area contributed by atoms with Crippen molar-refractivity contribution in [1.29, 1.82) is 0 Å². The maximum Gasteiger partial charge on any atom is 0.424 e. The van der Waals surface area contributed by atoms with Gasteiger partial charge in [-0.05, 0) is 24.3 Å². The van der Waals surface area contributed by atoms with Crippen LogP contribution in [0.2, 0.25) is 0 Å². The number of hydrogen-bond donors (Lipinski definition) is 1. The molecule has 1 unspecified atom stereocenters. The van der Waals surface area contributed by atoms with Gasteiger partial charge in [0.25, 0.3) is 0 Å². The number of halogens is 3. The molecule has 0 aliphatic carbocycles. The molecule has 0 fully saturated rings. The number of aromatic nitrogens is 4. The number of aryl methyl sites for hydroxylation is 1. The third-order valence-corrected chi connectivity index (χ3v) is 5.58. The molecule has 0 amide bonds. The summed E-state index contributed by atoms with van der Waals surface area (Å²) < 4.78 is 46.6. The second-order valence-corrected chi connectivity index (χ2v) is 7.46. The number of rotatable bonds is 4. The summed E-state index contributed by atoms with van der Waals surface area (Å²) in [6, 6.07) is 6.55. The Morgan fingerprint density at radius 3 is 2.71 bits per heavy atom. The number of thiophene rings is 1. The van der Waals surface area contributed by atoms with Crippen molar-refractivity contribution in [3.8, 4) is 11.3 Å². The predicted octanol–water partition coefficient (Wildman–Crippen LogP) is 3.64. The third-order valence-electron chi connectivity index (χ3n) is 4.38. The summed E-state index contributed by atoms with van der Waals surface area (Å²) in [6.07, 6.45) is -1.43. The van der Waals surface area contributed by atoms with Gasteiger partial charge in [-0.2, -0.15) is 18.3 Å². The molecule has 146 valence electrons. The molecule has 6 nitrogen and oxygen atoms in total. The molecule has 0 aliphatic heterocycles. The Kier molecular flexibility index (Phi) is 4.36. The van der Waals surface area contributed by atoms with Crippen LogP contribution in [0.3, 0.4) is 0 Å². The molecule has 1 N–H and O–H groups in total. The van der Waals surface area contributed by atoms with Crippen LogP contribution < -0.4 is 0 Å². The summed E-state index contributed by atoms with van der Waals surface area (Å²) in [6.45, 7) is -0.891. The van der Waals surface area contributed by atoms with Crippen LogP contribution in [0.15, 0.2) is 36.7 Å². The van der Waals surface area contributed by atoms with E-state index in [9.17, 15) is 18.3 Å². The molecule has 0 saturated heterocycles. The molecule has 4 aromatic heterocycles. The normalized spacial score (nSPS) is 14.6. The monoisotopic (exact) mass is 408 g/mol. The first-order valence-corrected chi connectivity index (χ1v) is 9.02. The van der Waals surface area contributed by atoms with Crippen molar-refractivity contribution in [2.24, 2.45) is 7.05 Å². The summed E-state index contributed by atoms with van der Waals surface area (Å²) in [5.41, 5.74) is -1.19. The number of ether oxygens (including phenoxy) is 1. The maximum atomic E-state index is 13.4. The van der Waals surface area contributed by atoms with E-state index in [1.54, 1.807) is 30.1 Å². The molecule has 0 radical (unpaired) electrons. The van der Waals surface area contributed by atoms with E-state index in [1.165, 1.54) is 6.07 Å². The zero-order chi connectivity index (χ0) is 20.1. The van der Waals surface area contributed by atoms with Crippen molar-refractivity contribution in [1.82, 2.24) is 19.7 Å². The fourth-order valence-corrected chi connectivity index (χ4v) is 4.08. The predicted molar refractivity (Wildman–Crippen MR) is 99.0 cm³/mol. The molecule has 0 aromatic carbocycles. The van der Waals surface area contributed by atoms with Crippen LogP contribution in [0.25, 0.3) is 32.5 Å². The second kappa shape index (κ2) is 6.50. The molecule has 4 heterocycles. The highest BCUT2D eigenvalue weighted by atomic mass is 32.1. The molecular weight excluding hydrogens is 393 g/mol. The molecule has 0 spiro atoms. The molecule has 0 bridgehead atoms. The van der Waals surface area contributed by atoms with E-state index in [4.69, 9.17) is 0 Å². The number of hydrogen-bond acceptors (Lipinski definition) is 6. The van der Waals surface area contributed by atoms with Gasteiger partial charge in [-0.25, -0.2) is 9.97 Å². The van der Waals surface area contributed by atoms with Crippen molar-refractivity contribution in [3.63, 3.8) is 0 Å². The Labute approximate surface area is 161 Å². The van der Waals surface area contributed by atoms with Crippen LogP contribution in [0.1, 0.15) is 4.88 Å². The van der Waals surface area contributed by atoms with Gasteiger partial charge in [-0.1, -0.05) is 0 Å². The van der Waals surface area contributed by atoms with Crippen LogP contribution in [0.4, 0.5) is 13.2 Å². The summed E-state index contributed by atoms with van der Waals surface area (Å²) in [7, 11) is 2.91. The molecular formula is C18H15F3N4O2S. The smallest absolute Gasteiger partial charge is 0.381 e. The highest BCUT2D eigenvalue weighted by Gasteiger charge is 2.56. The molecule has 28 heavy (non-hydrogen) atoms. The van der Waals surface area contributed by atoms with E-state index < -0.39 is 18.4 Å². The topological polar surface area (TPSA) is 73.1 Å². The number of nitrogens with zero attached hydrogens (tertiary/aromatic N) is 4. The van der Waals surface area contributed by atoms with Crippen LogP contribution >= 0.6 is 11.3 Å². The Bertz CT molecular complexity index is 1170. The number of fused-ring (bicyclic) bond motifs is 2. The first-order valence-electron chi connectivity index (χ1n) is 8.20. The van der Waals surface area contributed by atoms with Gasteiger partial charge in [0, 0.05) is 42.9 Å². The Morgan fingerprint density at radius 2 is 2.00 bits per heavy atom. The number of aliphatic hydroxyl groups is 1. The van der Waals surface area contributed by atoms with Crippen molar-refractivity contribution in [3.05, 3.63) is 41.5 Å². The van der Waals surface area contributed by atoms with Crippen LogP contribution in [0, 0.1) is 0 Å². The molecule has 4 rings (SSSR count). The standard InChI is InChI=1S/C18H15F3N4O2S/c1-25-8-12-5-11(7-22-15(12)24-25)13-4-3-10-6-14(28-16(10)23-13)17(26,9-27-2)18(19,20)21/h3-8,26H,9H2,1-2H3. The quantitative estimate of drug-likeness (QED) is 0.558. The van der Waals surface area contributed by atoms with E-state index in [0.29, 0.717) is 21.6 Å². The SMILES string of the molecule is COCC(O)(c1cc2ccc(-c3cnc4nn(C)cc4c3)nc2s1)C(F)(F)F. The van der Waals surface area contributed by atoms with Gasteiger partial charge in [-0.3, -0.25) is 4.68 Å². The van der Waals surface area contributed by atoms with E-state index >= 15 is 0 Å². The number of alkyl halides is 3. The van der Waals surface area contributed by atoms with Crippen molar-refractivity contribution in [2.75, 3.05) is 13.7 Å². The molecule has 4 aromatic rings. The lowest BCUT2D eigenvalue weighted by Crippen LogP contribution is -2.45. The van der Waals surface area contributed by atoms with Gasteiger partial charge >= 0.3 is 6.18 Å². The van der Waals surface area contributed by atoms with Gasteiger partial charge < -0.3 is 9.84 Å². The lowest BCUT2D eigenvalue weighted by molar-refractivity contribution is -0.278. The van der Waals surface area contributed by atoms with E-state index in [-0.39, 0.29) is 4.88 Å². The second-order valence-electron chi connectivity index (χ2n) is 6.43. The zero-order valence-corrected chi connectivity index (χ0v) is 15.7. The van der Waals surface area contributed by atoms with Crippen LogP contribution in [0.5, 0.6) is 0 Å². The van der Waals surface area contributed by atoms with Gasteiger partial charge in [0.05, 0.1) is 17.2 Å². The summed E-state index contributed by atoms with van der Waals surface area (Å²) in [4.78, 5) is 8.88. The Balaban J connectivity index is 1.79. The molecule has 10 heteroatoms. The van der Waals surface area contributed by atoms with Gasteiger partial charge in [0.1, 0.15) is 4.83 Å². The summed E-state index contributed by atoms with van der Waals surface area (Å²) >= 11 is 0.790. The van der Waals surface area contributed by atoms with Crippen LogP contribution in [-0.4, -0.2) is 44.7 Å². The lowest BCUT2D eigenvalue weighted by Gasteiger charge is -2.28. The lowest BCUT2D eigenvalue weighted by atomic mass is 10.0. The highest BCUT2D eigenvalue weighted by Crippen LogP contribution is 2.43. The first-order chi connectivity index (χ1) is 13.2. The number of methoxy groups -OCH3 is 1. The minimum atomic E-state index is -4.87. The minimum absolute atomic E-state index is 0.262. The molecule has 0 aliphatic rings. The minimum Gasteiger partial charge on any atom is -0.381 e. The summed E-state index contributed by atoms with van der Waals surface area (Å²) in [5.74, 6) is 0. The van der Waals surface area contributed by atoms with Crippen molar-refractivity contribution >= 4 is 32.6 Å². The van der Waals surface area contributed by atoms with Gasteiger partial charge in [0.15, 0.2) is 5.65 Å². The largest absolute Gasteiger partial charge is 0.424 e.